The second-order valence-corrected chi connectivity index (χ2v) is 4.14. The molecule has 4 nitrogen and oxygen atoms in total. The maximum absolute atomic E-state index is 10.2. The predicted molar refractivity (Wildman–Crippen MR) is 68.2 cm³/mol. The molecule has 4 heteroatoms. The minimum absolute atomic E-state index is 0.342. The number of rotatable bonds is 9. The Hall–Kier alpha value is -1.06. The summed E-state index contributed by atoms with van der Waals surface area (Å²) >= 11 is 0. The third-order valence-electron chi connectivity index (χ3n) is 2.24. The fourth-order valence-electron chi connectivity index (χ4n) is 1.41. The molecule has 0 saturated carbocycles. The van der Waals surface area contributed by atoms with Gasteiger partial charge in [0.1, 0.15) is 0 Å². The van der Waals surface area contributed by atoms with Crippen LogP contribution >= 0.6 is 0 Å². The monoisotopic (exact) mass is 246 g/mol. The van der Waals surface area contributed by atoms with Crippen LogP contribution in [0.3, 0.4) is 0 Å². The first-order valence-corrected chi connectivity index (χ1v) is 6.42. The van der Waals surface area contributed by atoms with Crippen LogP contribution in [0.15, 0.2) is 0 Å². The molecule has 0 aromatic carbocycles. The van der Waals surface area contributed by atoms with Gasteiger partial charge in [0.25, 0.3) is 5.97 Å². The number of aliphatic carboxylic acids is 2. The van der Waals surface area contributed by atoms with Gasteiger partial charge >= 0.3 is 5.97 Å². The Bertz CT molecular complexity index is 186. The Balaban J connectivity index is 0. The number of carbonyl (C=O) groups is 2. The van der Waals surface area contributed by atoms with Crippen molar-refractivity contribution in [3.63, 3.8) is 0 Å². The van der Waals surface area contributed by atoms with E-state index in [1.807, 2.05) is 0 Å². The van der Waals surface area contributed by atoms with Crippen LogP contribution in [0.5, 0.6) is 0 Å². The summed E-state index contributed by atoms with van der Waals surface area (Å²) in [4.78, 5) is 19.2. The van der Waals surface area contributed by atoms with Crippen LogP contribution in [0.1, 0.15) is 71.6 Å². The smallest absolute Gasteiger partial charge is 0.303 e. The first kappa shape index (κ1) is 18.3. The number of unbranched alkanes of at least 4 members (excludes halogenated alkanes) is 7. The molecule has 0 aliphatic carbocycles. The molecule has 2 N–H and O–H groups in total. The summed E-state index contributed by atoms with van der Waals surface area (Å²) in [6.07, 6.45) is 10.1. The summed E-state index contributed by atoms with van der Waals surface area (Å²) < 4.78 is 0. The highest BCUT2D eigenvalue weighted by Crippen LogP contribution is 2.09. The topological polar surface area (TPSA) is 74.6 Å². The van der Waals surface area contributed by atoms with E-state index in [9.17, 15) is 4.79 Å². The van der Waals surface area contributed by atoms with Crippen molar-refractivity contribution in [2.24, 2.45) is 0 Å². The largest absolute Gasteiger partial charge is 0.481 e. The van der Waals surface area contributed by atoms with Crippen LogP contribution in [-0.2, 0) is 9.59 Å². The first-order valence-electron chi connectivity index (χ1n) is 6.42. The Morgan fingerprint density at radius 3 is 1.53 bits per heavy atom. The molecular weight excluding hydrogens is 220 g/mol. The Labute approximate surface area is 104 Å². The van der Waals surface area contributed by atoms with Gasteiger partial charge in [-0.3, -0.25) is 9.59 Å². The van der Waals surface area contributed by atoms with Crippen LogP contribution < -0.4 is 0 Å². The predicted octanol–water partition coefficient (Wildman–Crippen LogP) is 3.69. The van der Waals surface area contributed by atoms with Crippen molar-refractivity contribution >= 4 is 11.9 Å². The van der Waals surface area contributed by atoms with Crippen LogP contribution in [0.2, 0.25) is 0 Å². The van der Waals surface area contributed by atoms with Crippen molar-refractivity contribution in [3.8, 4) is 0 Å². The zero-order chi connectivity index (χ0) is 13.5. The van der Waals surface area contributed by atoms with Crippen LogP contribution in [0, 0.1) is 0 Å². The fraction of sp³-hybridized carbons (Fsp3) is 0.846. The normalized spacial score (nSPS) is 9.29. The lowest BCUT2D eigenvalue weighted by Crippen LogP contribution is -1.93. The van der Waals surface area contributed by atoms with E-state index in [0.29, 0.717) is 6.42 Å². The average Bonchev–Trinajstić information content (AvgIpc) is 2.21. The standard InChI is InChI=1S/C11H22O2.C2H4O2/c1-2-3-4-5-6-7-8-9-10-11(12)13;1-2(3)4/h2-10H2,1H3,(H,12,13);1H3,(H,3,4). The number of hydrogen-bond acceptors (Lipinski definition) is 2. The second-order valence-electron chi connectivity index (χ2n) is 4.14. The van der Waals surface area contributed by atoms with Crippen molar-refractivity contribution in [3.05, 3.63) is 0 Å². The van der Waals surface area contributed by atoms with E-state index in [4.69, 9.17) is 15.0 Å². The minimum Gasteiger partial charge on any atom is -0.481 e. The zero-order valence-corrected chi connectivity index (χ0v) is 11.1. The van der Waals surface area contributed by atoms with E-state index in [2.05, 4.69) is 6.92 Å². The van der Waals surface area contributed by atoms with Crippen molar-refractivity contribution in [1.82, 2.24) is 0 Å². The molecule has 0 amide bonds. The summed E-state index contributed by atoms with van der Waals surface area (Å²) in [6, 6.07) is 0. The molecule has 0 aromatic rings. The first-order chi connectivity index (χ1) is 8.00. The lowest BCUT2D eigenvalue weighted by atomic mass is 10.1. The van der Waals surface area contributed by atoms with E-state index >= 15 is 0 Å². The van der Waals surface area contributed by atoms with Crippen molar-refractivity contribution in [2.75, 3.05) is 0 Å². The number of carboxylic acids is 2. The van der Waals surface area contributed by atoms with E-state index in [-0.39, 0.29) is 0 Å². The van der Waals surface area contributed by atoms with Crippen LogP contribution in [0.25, 0.3) is 0 Å². The van der Waals surface area contributed by atoms with E-state index in [0.717, 1.165) is 19.8 Å². The Morgan fingerprint density at radius 1 is 0.824 bits per heavy atom. The third kappa shape index (κ3) is 31.3. The Morgan fingerprint density at radius 2 is 1.18 bits per heavy atom. The van der Waals surface area contributed by atoms with Gasteiger partial charge in [-0.1, -0.05) is 51.9 Å². The van der Waals surface area contributed by atoms with Crippen LogP contribution in [-0.4, -0.2) is 22.2 Å². The van der Waals surface area contributed by atoms with E-state index < -0.39 is 11.9 Å². The summed E-state index contributed by atoms with van der Waals surface area (Å²) in [5, 5.41) is 15.8. The lowest BCUT2D eigenvalue weighted by Gasteiger charge is -1.99. The summed E-state index contributed by atoms with van der Waals surface area (Å²) in [5.41, 5.74) is 0. The molecular formula is C13H26O4. The summed E-state index contributed by atoms with van der Waals surface area (Å²) in [5.74, 6) is -1.49. The van der Waals surface area contributed by atoms with Gasteiger partial charge in [0.05, 0.1) is 0 Å². The summed E-state index contributed by atoms with van der Waals surface area (Å²) in [7, 11) is 0. The highest BCUT2D eigenvalue weighted by molar-refractivity contribution is 5.66. The van der Waals surface area contributed by atoms with Crippen molar-refractivity contribution in [1.29, 1.82) is 0 Å². The molecule has 102 valence electrons. The molecule has 0 spiro atoms. The molecule has 0 radical (unpaired) electrons. The molecule has 17 heavy (non-hydrogen) atoms. The zero-order valence-electron chi connectivity index (χ0n) is 11.1. The van der Waals surface area contributed by atoms with Crippen molar-refractivity contribution < 1.29 is 19.8 Å². The van der Waals surface area contributed by atoms with Gasteiger partial charge in [0.2, 0.25) is 0 Å². The van der Waals surface area contributed by atoms with Crippen LogP contribution in [0.4, 0.5) is 0 Å². The van der Waals surface area contributed by atoms with Gasteiger partial charge < -0.3 is 10.2 Å². The molecule has 0 atom stereocenters. The van der Waals surface area contributed by atoms with Gasteiger partial charge in [-0.15, -0.1) is 0 Å². The van der Waals surface area contributed by atoms with E-state index in [1.54, 1.807) is 0 Å². The van der Waals surface area contributed by atoms with Gasteiger partial charge in [0, 0.05) is 13.3 Å². The molecule has 0 saturated heterocycles. The molecule has 0 bridgehead atoms. The van der Waals surface area contributed by atoms with E-state index in [1.165, 1.54) is 38.5 Å². The Kier molecular flexibility index (Phi) is 16.1. The van der Waals surface area contributed by atoms with Gasteiger partial charge in [-0.25, -0.2) is 0 Å². The maximum Gasteiger partial charge on any atom is 0.303 e. The highest BCUT2D eigenvalue weighted by Gasteiger charge is 1.95. The SMILES string of the molecule is CC(=O)O.CCCCCCCCCCC(=O)O. The fourth-order valence-corrected chi connectivity index (χ4v) is 1.41. The maximum atomic E-state index is 10.2. The number of carboxylic acid groups (broad SMARTS) is 2. The average molecular weight is 246 g/mol. The summed E-state index contributed by atoms with van der Waals surface area (Å²) in [6.45, 7) is 3.30. The molecule has 0 fully saturated rings. The molecule has 0 unspecified atom stereocenters. The molecule has 0 rings (SSSR count). The highest BCUT2D eigenvalue weighted by atomic mass is 16.4. The van der Waals surface area contributed by atoms with Crippen molar-refractivity contribution in [2.45, 2.75) is 71.6 Å². The van der Waals surface area contributed by atoms with Gasteiger partial charge in [0.15, 0.2) is 0 Å². The minimum atomic E-state index is -0.833. The lowest BCUT2D eigenvalue weighted by molar-refractivity contribution is -0.137. The second kappa shape index (κ2) is 14.9. The molecule has 0 aliphatic heterocycles. The molecule has 0 aliphatic rings. The van der Waals surface area contributed by atoms with Gasteiger partial charge in [-0.05, 0) is 6.42 Å². The van der Waals surface area contributed by atoms with Gasteiger partial charge in [-0.2, -0.15) is 0 Å². The molecule has 0 aromatic heterocycles. The quantitative estimate of drug-likeness (QED) is 0.608. The number of hydrogen-bond donors (Lipinski definition) is 2. The molecule has 0 heterocycles. The third-order valence-corrected chi connectivity index (χ3v) is 2.24.